The van der Waals surface area contributed by atoms with Crippen LogP contribution in [0.3, 0.4) is 0 Å². The molecule has 2 rings (SSSR count). The van der Waals surface area contributed by atoms with Crippen molar-refractivity contribution in [1.29, 1.82) is 0 Å². The number of rotatable bonds is 10. The van der Waals surface area contributed by atoms with Crippen LogP contribution in [0.25, 0.3) is 0 Å². The van der Waals surface area contributed by atoms with Gasteiger partial charge in [-0.15, -0.1) is 24.0 Å². The number of aliphatic imine (C=N–C) groups is 1. The molecule has 0 amide bonds. The van der Waals surface area contributed by atoms with Gasteiger partial charge >= 0.3 is 0 Å². The van der Waals surface area contributed by atoms with Crippen molar-refractivity contribution in [3.8, 4) is 5.75 Å². The van der Waals surface area contributed by atoms with Gasteiger partial charge < -0.3 is 20.3 Å². The molecule has 0 aromatic heterocycles. The predicted molar refractivity (Wildman–Crippen MR) is 125 cm³/mol. The molecule has 1 aromatic carbocycles. The van der Waals surface area contributed by atoms with Crippen LogP contribution in [0.1, 0.15) is 20.3 Å². The van der Waals surface area contributed by atoms with E-state index >= 15 is 0 Å². The SMILES string of the molecule is CCNC(=NCCCOc1ccccc1)NCCN1CCN(CC)CC1.I. The summed E-state index contributed by atoms with van der Waals surface area (Å²) in [5.74, 6) is 1.82. The van der Waals surface area contributed by atoms with E-state index in [4.69, 9.17) is 4.74 Å². The Hall–Kier alpha value is -1.06. The Balaban J connectivity index is 0.00000364. The lowest BCUT2D eigenvalue weighted by molar-refractivity contribution is 0.139. The van der Waals surface area contributed by atoms with Gasteiger partial charge in [0.15, 0.2) is 5.96 Å². The van der Waals surface area contributed by atoms with E-state index in [-0.39, 0.29) is 24.0 Å². The minimum absolute atomic E-state index is 0. The molecule has 0 aliphatic carbocycles. The lowest BCUT2D eigenvalue weighted by Gasteiger charge is -2.34. The summed E-state index contributed by atoms with van der Waals surface area (Å²) in [6.07, 6.45) is 0.907. The number of guanidine groups is 1. The van der Waals surface area contributed by atoms with Crippen LogP contribution >= 0.6 is 24.0 Å². The minimum atomic E-state index is 0. The number of likely N-dealkylation sites (N-methyl/N-ethyl adjacent to an activating group) is 1. The van der Waals surface area contributed by atoms with E-state index in [2.05, 4.69) is 39.3 Å². The van der Waals surface area contributed by atoms with Crippen LogP contribution in [-0.4, -0.2) is 81.3 Å². The smallest absolute Gasteiger partial charge is 0.191 e. The van der Waals surface area contributed by atoms with Crippen molar-refractivity contribution in [1.82, 2.24) is 20.4 Å². The topological polar surface area (TPSA) is 52.1 Å². The minimum Gasteiger partial charge on any atom is -0.494 e. The number of piperazine rings is 1. The van der Waals surface area contributed by atoms with Crippen LogP contribution in [0.4, 0.5) is 0 Å². The monoisotopic (exact) mass is 489 g/mol. The summed E-state index contributed by atoms with van der Waals surface area (Å²) in [6, 6.07) is 9.94. The quantitative estimate of drug-likeness (QED) is 0.229. The van der Waals surface area contributed by atoms with E-state index in [1.165, 1.54) is 26.2 Å². The second-order valence-electron chi connectivity index (χ2n) is 6.48. The first-order valence-electron chi connectivity index (χ1n) is 9.96. The lowest BCUT2D eigenvalue weighted by Crippen LogP contribution is -2.49. The lowest BCUT2D eigenvalue weighted by atomic mass is 10.3. The van der Waals surface area contributed by atoms with E-state index < -0.39 is 0 Å². The van der Waals surface area contributed by atoms with Crippen LogP contribution in [0.15, 0.2) is 35.3 Å². The van der Waals surface area contributed by atoms with Gasteiger partial charge in [-0.05, 0) is 25.6 Å². The molecule has 0 radical (unpaired) electrons. The number of nitrogens with zero attached hydrogens (tertiary/aromatic N) is 3. The molecule has 6 nitrogen and oxygen atoms in total. The highest BCUT2D eigenvalue weighted by Gasteiger charge is 2.14. The Morgan fingerprint density at radius 2 is 1.74 bits per heavy atom. The van der Waals surface area contributed by atoms with Gasteiger partial charge in [-0.3, -0.25) is 9.89 Å². The van der Waals surface area contributed by atoms with Crippen LogP contribution in [-0.2, 0) is 0 Å². The third kappa shape index (κ3) is 10.2. The van der Waals surface area contributed by atoms with Crippen molar-refractivity contribution in [3.05, 3.63) is 30.3 Å². The van der Waals surface area contributed by atoms with E-state index in [9.17, 15) is 0 Å². The molecule has 27 heavy (non-hydrogen) atoms. The van der Waals surface area contributed by atoms with E-state index in [0.717, 1.165) is 50.9 Å². The third-order valence-electron chi connectivity index (χ3n) is 4.56. The van der Waals surface area contributed by atoms with Crippen LogP contribution in [0.2, 0.25) is 0 Å². The highest BCUT2D eigenvalue weighted by Crippen LogP contribution is 2.08. The Labute approximate surface area is 181 Å². The summed E-state index contributed by atoms with van der Waals surface area (Å²) in [7, 11) is 0. The molecular weight excluding hydrogens is 453 g/mol. The molecule has 0 unspecified atom stereocenters. The van der Waals surface area contributed by atoms with E-state index in [0.29, 0.717) is 6.61 Å². The number of benzene rings is 1. The Kier molecular flexibility index (Phi) is 13.3. The summed E-state index contributed by atoms with van der Waals surface area (Å²) in [4.78, 5) is 9.67. The maximum atomic E-state index is 5.71. The van der Waals surface area contributed by atoms with Crippen molar-refractivity contribution < 1.29 is 4.74 Å². The Bertz CT molecular complexity index is 506. The fourth-order valence-electron chi connectivity index (χ4n) is 2.97. The molecular formula is C20H36IN5O. The summed E-state index contributed by atoms with van der Waals surface area (Å²) in [5.41, 5.74) is 0. The second kappa shape index (κ2) is 14.9. The number of hydrogen-bond acceptors (Lipinski definition) is 4. The van der Waals surface area contributed by atoms with Crippen molar-refractivity contribution in [2.75, 3.05) is 65.5 Å². The molecule has 0 bridgehead atoms. The Morgan fingerprint density at radius 1 is 1.04 bits per heavy atom. The Morgan fingerprint density at radius 3 is 2.41 bits per heavy atom. The maximum Gasteiger partial charge on any atom is 0.191 e. The first-order chi connectivity index (χ1) is 12.8. The summed E-state index contributed by atoms with van der Waals surface area (Å²) < 4.78 is 5.71. The number of para-hydroxylation sites is 1. The fourth-order valence-corrected chi connectivity index (χ4v) is 2.97. The molecule has 1 aliphatic heterocycles. The number of nitrogens with one attached hydrogen (secondary N) is 2. The molecule has 7 heteroatoms. The fraction of sp³-hybridized carbons (Fsp3) is 0.650. The van der Waals surface area contributed by atoms with Crippen LogP contribution in [0.5, 0.6) is 5.75 Å². The zero-order valence-corrected chi connectivity index (χ0v) is 19.2. The summed E-state index contributed by atoms with van der Waals surface area (Å²) in [6.45, 7) is 14.5. The van der Waals surface area contributed by atoms with Crippen molar-refractivity contribution in [2.24, 2.45) is 4.99 Å². The van der Waals surface area contributed by atoms with Gasteiger partial charge in [-0.2, -0.15) is 0 Å². The standard InChI is InChI=1S/C20H35N5O.HI/c1-3-21-20(22-11-8-18-26-19-9-6-5-7-10-19)23-12-13-25-16-14-24(4-2)15-17-25;/h5-7,9-10H,3-4,8,11-18H2,1-2H3,(H2,21,22,23);1H. The van der Waals surface area contributed by atoms with Gasteiger partial charge in [-0.25, -0.2) is 0 Å². The van der Waals surface area contributed by atoms with Crippen molar-refractivity contribution >= 4 is 29.9 Å². The highest BCUT2D eigenvalue weighted by molar-refractivity contribution is 14.0. The van der Waals surface area contributed by atoms with Gasteiger partial charge in [0.25, 0.3) is 0 Å². The molecule has 1 aromatic rings. The summed E-state index contributed by atoms with van der Waals surface area (Å²) in [5, 5.41) is 6.76. The molecule has 2 N–H and O–H groups in total. The summed E-state index contributed by atoms with van der Waals surface area (Å²) >= 11 is 0. The molecule has 1 heterocycles. The zero-order chi connectivity index (χ0) is 18.5. The highest BCUT2D eigenvalue weighted by atomic mass is 127. The maximum absolute atomic E-state index is 5.71. The van der Waals surface area contributed by atoms with Crippen molar-refractivity contribution in [3.63, 3.8) is 0 Å². The van der Waals surface area contributed by atoms with Gasteiger partial charge in [0, 0.05) is 58.8 Å². The first kappa shape index (κ1) is 24.0. The normalized spacial score (nSPS) is 15.9. The number of halogens is 1. The zero-order valence-electron chi connectivity index (χ0n) is 16.8. The van der Waals surface area contributed by atoms with Crippen LogP contribution in [0, 0.1) is 0 Å². The van der Waals surface area contributed by atoms with Gasteiger partial charge in [-0.1, -0.05) is 25.1 Å². The second-order valence-corrected chi connectivity index (χ2v) is 6.48. The van der Waals surface area contributed by atoms with E-state index in [1.54, 1.807) is 0 Å². The molecule has 1 fully saturated rings. The number of ether oxygens (including phenoxy) is 1. The number of hydrogen-bond donors (Lipinski definition) is 2. The van der Waals surface area contributed by atoms with E-state index in [1.807, 2.05) is 30.3 Å². The van der Waals surface area contributed by atoms with Crippen molar-refractivity contribution in [2.45, 2.75) is 20.3 Å². The largest absolute Gasteiger partial charge is 0.494 e. The molecule has 0 saturated carbocycles. The predicted octanol–water partition coefficient (Wildman–Crippen LogP) is 2.27. The average molecular weight is 489 g/mol. The van der Waals surface area contributed by atoms with Crippen LogP contribution < -0.4 is 15.4 Å². The molecule has 1 aliphatic rings. The molecule has 0 atom stereocenters. The molecule has 154 valence electrons. The third-order valence-corrected chi connectivity index (χ3v) is 4.56. The molecule has 1 saturated heterocycles. The molecule has 0 spiro atoms. The van der Waals surface area contributed by atoms with Gasteiger partial charge in [0.05, 0.1) is 6.61 Å². The van der Waals surface area contributed by atoms with Gasteiger partial charge in [0.1, 0.15) is 5.75 Å². The van der Waals surface area contributed by atoms with Gasteiger partial charge in [0.2, 0.25) is 0 Å². The first-order valence-corrected chi connectivity index (χ1v) is 9.96. The average Bonchev–Trinajstić information content (AvgIpc) is 2.69.